The molecule has 1 fully saturated rings. The minimum Gasteiger partial charge on any atom is -0.486 e. The number of hydrogen-bond donors (Lipinski definition) is 1. The van der Waals surface area contributed by atoms with Gasteiger partial charge in [0.1, 0.15) is 18.2 Å². The third kappa shape index (κ3) is 3.61. The molecule has 3 aromatic rings. The van der Waals surface area contributed by atoms with Crippen molar-refractivity contribution in [2.45, 2.75) is 6.42 Å². The van der Waals surface area contributed by atoms with Crippen LogP contribution in [0.3, 0.4) is 0 Å². The van der Waals surface area contributed by atoms with Gasteiger partial charge in [-0.15, -0.1) is 11.3 Å². The van der Waals surface area contributed by atoms with Gasteiger partial charge in [0.15, 0.2) is 11.5 Å². The third-order valence-electron chi connectivity index (χ3n) is 5.14. The zero-order chi connectivity index (χ0) is 20.5. The van der Waals surface area contributed by atoms with E-state index in [-0.39, 0.29) is 18.2 Å². The lowest BCUT2D eigenvalue weighted by atomic mass is 10.1. The molecule has 2 aliphatic heterocycles. The highest BCUT2D eigenvalue weighted by Gasteiger charge is 2.35. The van der Waals surface area contributed by atoms with Crippen molar-refractivity contribution in [3.63, 3.8) is 0 Å². The van der Waals surface area contributed by atoms with Gasteiger partial charge in [0.2, 0.25) is 11.8 Å². The number of thiazole rings is 1. The average Bonchev–Trinajstić information content (AvgIpc) is 3.44. The zero-order valence-electron chi connectivity index (χ0n) is 16.0. The molecule has 0 spiro atoms. The number of carbonyl (C=O) groups is 2. The van der Waals surface area contributed by atoms with E-state index >= 15 is 0 Å². The Hall–Kier alpha value is -3.39. The van der Waals surface area contributed by atoms with Gasteiger partial charge in [-0.3, -0.25) is 9.59 Å². The van der Waals surface area contributed by atoms with Gasteiger partial charge in [0.25, 0.3) is 0 Å². The van der Waals surface area contributed by atoms with E-state index in [0.29, 0.717) is 42.6 Å². The summed E-state index contributed by atoms with van der Waals surface area (Å²) in [7, 11) is 0. The number of rotatable bonds is 4. The average molecular weight is 421 g/mol. The lowest BCUT2D eigenvalue weighted by molar-refractivity contribution is -0.122. The first kappa shape index (κ1) is 18.6. The number of nitrogens with zero attached hydrogens (tertiary/aromatic N) is 2. The first-order chi connectivity index (χ1) is 14.7. The molecular weight excluding hydrogens is 402 g/mol. The summed E-state index contributed by atoms with van der Waals surface area (Å²) in [6.45, 7) is 1.33. The molecule has 30 heavy (non-hydrogen) atoms. The molecule has 7 nitrogen and oxygen atoms in total. The molecule has 1 atom stereocenters. The van der Waals surface area contributed by atoms with Crippen molar-refractivity contribution in [3.8, 4) is 22.1 Å². The number of aromatic nitrogens is 1. The molecule has 8 heteroatoms. The van der Waals surface area contributed by atoms with Gasteiger partial charge in [-0.1, -0.05) is 12.1 Å². The number of benzene rings is 2. The van der Waals surface area contributed by atoms with E-state index in [4.69, 9.17) is 9.47 Å². The van der Waals surface area contributed by atoms with Crippen molar-refractivity contribution >= 4 is 34.5 Å². The van der Waals surface area contributed by atoms with Crippen LogP contribution in [0.2, 0.25) is 0 Å². The Morgan fingerprint density at radius 1 is 1.13 bits per heavy atom. The number of carbonyl (C=O) groups excluding carboxylic acids is 2. The van der Waals surface area contributed by atoms with Crippen LogP contribution in [0.4, 0.5) is 11.4 Å². The number of nitrogens with one attached hydrogen (secondary N) is 1. The Labute approximate surface area is 177 Å². The summed E-state index contributed by atoms with van der Waals surface area (Å²) in [4.78, 5) is 31.3. The smallest absolute Gasteiger partial charge is 0.229 e. The van der Waals surface area contributed by atoms with Crippen molar-refractivity contribution in [3.05, 3.63) is 54.0 Å². The van der Waals surface area contributed by atoms with E-state index in [1.54, 1.807) is 34.6 Å². The fourth-order valence-corrected chi connectivity index (χ4v) is 4.31. The summed E-state index contributed by atoms with van der Waals surface area (Å²) in [6, 6.07) is 13.0. The van der Waals surface area contributed by atoms with Crippen LogP contribution in [0, 0.1) is 5.92 Å². The fourth-order valence-electron chi connectivity index (χ4n) is 3.67. The van der Waals surface area contributed by atoms with Gasteiger partial charge >= 0.3 is 0 Å². The lowest BCUT2D eigenvalue weighted by Crippen LogP contribution is -2.28. The van der Waals surface area contributed by atoms with E-state index in [0.717, 1.165) is 10.6 Å². The van der Waals surface area contributed by atoms with Crippen LogP contribution in [0.1, 0.15) is 6.42 Å². The number of fused-ring (bicyclic) bond motifs is 1. The Kier molecular flexibility index (Phi) is 4.84. The molecule has 2 aromatic carbocycles. The van der Waals surface area contributed by atoms with Gasteiger partial charge in [-0.05, 0) is 24.3 Å². The summed E-state index contributed by atoms with van der Waals surface area (Å²) >= 11 is 1.54. The largest absolute Gasteiger partial charge is 0.486 e. The fraction of sp³-hybridized carbons (Fsp3) is 0.227. The van der Waals surface area contributed by atoms with E-state index in [1.165, 1.54) is 0 Å². The maximum absolute atomic E-state index is 12.8. The van der Waals surface area contributed by atoms with Crippen LogP contribution < -0.4 is 19.7 Å². The van der Waals surface area contributed by atoms with E-state index in [2.05, 4.69) is 10.3 Å². The summed E-state index contributed by atoms with van der Waals surface area (Å²) in [6.07, 6.45) is 1.92. The maximum atomic E-state index is 12.8. The normalized spacial score (nSPS) is 17.8. The highest BCUT2D eigenvalue weighted by molar-refractivity contribution is 7.13. The Morgan fingerprint density at radius 3 is 2.83 bits per heavy atom. The molecule has 3 heterocycles. The molecule has 2 amide bonds. The highest BCUT2D eigenvalue weighted by Crippen LogP contribution is 2.36. The molecule has 0 saturated carbocycles. The monoisotopic (exact) mass is 421 g/mol. The van der Waals surface area contributed by atoms with Crippen LogP contribution in [0.5, 0.6) is 11.5 Å². The van der Waals surface area contributed by atoms with Gasteiger partial charge in [0, 0.05) is 47.5 Å². The molecule has 1 unspecified atom stereocenters. The molecule has 1 aromatic heterocycles. The predicted octanol–water partition coefficient (Wildman–Crippen LogP) is 3.57. The molecule has 0 aliphatic carbocycles. The molecular formula is C22H19N3O4S. The first-order valence-electron chi connectivity index (χ1n) is 9.68. The topological polar surface area (TPSA) is 80.8 Å². The van der Waals surface area contributed by atoms with Crippen molar-refractivity contribution in [1.29, 1.82) is 0 Å². The minimum absolute atomic E-state index is 0.0802. The molecule has 0 radical (unpaired) electrons. The summed E-state index contributed by atoms with van der Waals surface area (Å²) < 4.78 is 11.1. The van der Waals surface area contributed by atoms with E-state index < -0.39 is 5.92 Å². The Morgan fingerprint density at radius 2 is 2.00 bits per heavy atom. The second kappa shape index (κ2) is 7.79. The lowest BCUT2D eigenvalue weighted by Gasteiger charge is -2.22. The van der Waals surface area contributed by atoms with E-state index in [1.807, 2.05) is 35.7 Å². The van der Waals surface area contributed by atoms with Crippen molar-refractivity contribution in [1.82, 2.24) is 4.98 Å². The molecule has 1 saturated heterocycles. The van der Waals surface area contributed by atoms with Gasteiger partial charge < -0.3 is 19.7 Å². The van der Waals surface area contributed by atoms with Gasteiger partial charge in [-0.25, -0.2) is 4.98 Å². The van der Waals surface area contributed by atoms with E-state index in [9.17, 15) is 9.59 Å². The summed E-state index contributed by atoms with van der Waals surface area (Å²) in [5.41, 5.74) is 2.35. The summed E-state index contributed by atoms with van der Waals surface area (Å²) in [5, 5.41) is 5.75. The van der Waals surface area contributed by atoms with Crippen LogP contribution in [-0.4, -0.2) is 36.6 Å². The number of ether oxygens (including phenoxy) is 2. The number of hydrogen-bond acceptors (Lipinski definition) is 6. The first-order valence-corrected chi connectivity index (χ1v) is 10.6. The van der Waals surface area contributed by atoms with Crippen molar-refractivity contribution < 1.29 is 19.1 Å². The molecule has 5 rings (SSSR count). The quantitative estimate of drug-likeness (QED) is 0.697. The van der Waals surface area contributed by atoms with Crippen LogP contribution in [0.15, 0.2) is 54.0 Å². The minimum atomic E-state index is -0.422. The SMILES string of the molecule is O=C(Nc1cccc(-c2nccs2)c1)C1CC(=O)N(c2ccc3c(c2)OCCO3)C1. The third-order valence-corrected chi connectivity index (χ3v) is 5.96. The van der Waals surface area contributed by atoms with Crippen LogP contribution >= 0.6 is 11.3 Å². The number of amides is 2. The Bertz CT molecular complexity index is 1100. The molecule has 152 valence electrons. The van der Waals surface area contributed by atoms with Crippen molar-refractivity contribution in [2.75, 3.05) is 30.0 Å². The second-order valence-corrected chi connectivity index (χ2v) is 8.04. The molecule has 1 N–H and O–H groups in total. The standard InChI is InChI=1S/C22H19N3O4S/c26-20-11-15(13-25(20)17-4-5-18-19(12-17)29-8-7-28-18)21(27)24-16-3-1-2-14(10-16)22-23-6-9-30-22/h1-6,9-10,12,15H,7-8,11,13H2,(H,24,27). The zero-order valence-corrected chi connectivity index (χ0v) is 16.9. The van der Waals surface area contributed by atoms with Crippen LogP contribution in [-0.2, 0) is 9.59 Å². The maximum Gasteiger partial charge on any atom is 0.229 e. The summed E-state index contributed by atoms with van der Waals surface area (Å²) in [5.74, 6) is 0.627. The van der Waals surface area contributed by atoms with Crippen LogP contribution in [0.25, 0.3) is 10.6 Å². The molecule has 2 aliphatic rings. The van der Waals surface area contributed by atoms with Gasteiger partial charge in [-0.2, -0.15) is 0 Å². The second-order valence-electron chi connectivity index (χ2n) is 7.14. The predicted molar refractivity (Wildman–Crippen MR) is 114 cm³/mol. The number of anilines is 2. The Balaban J connectivity index is 1.29. The van der Waals surface area contributed by atoms with Crippen molar-refractivity contribution in [2.24, 2.45) is 5.92 Å². The van der Waals surface area contributed by atoms with Gasteiger partial charge in [0.05, 0.1) is 5.92 Å². The molecule has 0 bridgehead atoms. The highest BCUT2D eigenvalue weighted by atomic mass is 32.1.